The third-order valence-corrected chi connectivity index (χ3v) is 8.01. The minimum absolute atomic E-state index is 0.0390. The number of nitrogens with one attached hydrogen (secondary N) is 4. The molecule has 2 heterocycles. The summed E-state index contributed by atoms with van der Waals surface area (Å²) in [6.45, 7) is 0.392. The van der Waals surface area contributed by atoms with Crippen molar-refractivity contribution in [2.45, 2.75) is 48.5 Å². The number of fused-ring (bicyclic) bond motifs is 2. The maximum Gasteiger partial charge on any atom is 0.264 e. The normalized spacial score (nSPS) is 21.1. The quantitative estimate of drug-likeness (QED) is 0.530. The molecule has 11 heteroatoms. The number of sulfonamides is 1. The number of carbonyl (C=O) groups is 2. The monoisotopic (exact) mass is 476 g/mol. The van der Waals surface area contributed by atoms with Crippen molar-refractivity contribution in [1.29, 1.82) is 0 Å². The van der Waals surface area contributed by atoms with Gasteiger partial charge >= 0.3 is 0 Å². The Labute approximate surface area is 189 Å². The number of hydrogen-bond acceptors (Lipinski definition) is 5. The molecule has 0 radical (unpaired) electrons. The molecule has 1 aliphatic carbocycles. The first-order chi connectivity index (χ1) is 15.7. The van der Waals surface area contributed by atoms with Gasteiger partial charge < -0.3 is 16.0 Å². The number of anilines is 3. The van der Waals surface area contributed by atoms with Gasteiger partial charge in [-0.1, -0.05) is 6.42 Å². The van der Waals surface area contributed by atoms with Crippen LogP contribution in [0.25, 0.3) is 0 Å². The second-order valence-corrected chi connectivity index (χ2v) is 10.4. The molecule has 2 fully saturated rings. The predicted molar refractivity (Wildman–Crippen MR) is 117 cm³/mol. The molecule has 8 nitrogen and oxygen atoms in total. The van der Waals surface area contributed by atoms with Gasteiger partial charge in [0.25, 0.3) is 10.0 Å². The third kappa shape index (κ3) is 3.69. The van der Waals surface area contributed by atoms with Crippen LogP contribution in [0, 0.1) is 11.6 Å². The highest BCUT2D eigenvalue weighted by Crippen LogP contribution is 2.54. The van der Waals surface area contributed by atoms with Crippen LogP contribution in [0.3, 0.4) is 0 Å². The first-order valence-electron chi connectivity index (χ1n) is 10.7. The molecule has 2 amide bonds. The average molecular weight is 477 g/mol. The van der Waals surface area contributed by atoms with E-state index in [4.69, 9.17) is 0 Å². The van der Waals surface area contributed by atoms with Crippen LogP contribution >= 0.6 is 0 Å². The Morgan fingerprint density at radius 1 is 1.09 bits per heavy atom. The van der Waals surface area contributed by atoms with Gasteiger partial charge in [0.15, 0.2) is 0 Å². The van der Waals surface area contributed by atoms with E-state index >= 15 is 0 Å². The number of benzene rings is 2. The maximum atomic E-state index is 14.2. The fourth-order valence-electron chi connectivity index (χ4n) is 4.69. The first-order valence-corrected chi connectivity index (χ1v) is 12.2. The van der Waals surface area contributed by atoms with Gasteiger partial charge in [-0.3, -0.25) is 14.3 Å². The Morgan fingerprint density at radius 2 is 1.88 bits per heavy atom. The summed E-state index contributed by atoms with van der Waals surface area (Å²) in [5, 5.41) is 9.01. The van der Waals surface area contributed by atoms with Crippen LogP contribution in [0.5, 0.6) is 0 Å². The summed E-state index contributed by atoms with van der Waals surface area (Å²) < 4.78 is 55.5. The molecule has 5 rings (SSSR count). The number of rotatable bonds is 5. The molecule has 2 aromatic carbocycles. The SMILES string of the molecule is O=C1CCC(Nc2cc(NS(=O)(=O)c3ccc(F)cc3F)cc3c2NC(=O)C32CCC2)CN1. The zero-order valence-corrected chi connectivity index (χ0v) is 18.3. The summed E-state index contributed by atoms with van der Waals surface area (Å²) in [5.74, 6) is -2.25. The predicted octanol–water partition coefficient (Wildman–Crippen LogP) is 2.83. The summed E-state index contributed by atoms with van der Waals surface area (Å²) in [6, 6.07) is 5.27. The lowest BCUT2D eigenvalue weighted by Crippen LogP contribution is -2.42. The summed E-state index contributed by atoms with van der Waals surface area (Å²) in [4.78, 5) is 23.6. The van der Waals surface area contributed by atoms with Gasteiger partial charge in [0.2, 0.25) is 11.8 Å². The highest BCUT2D eigenvalue weighted by molar-refractivity contribution is 7.92. The molecule has 1 unspecified atom stereocenters. The van der Waals surface area contributed by atoms with Crippen molar-refractivity contribution in [2.24, 2.45) is 0 Å². The van der Waals surface area contributed by atoms with E-state index in [1.54, 1.807) is 6.07 Å². The molecule has 3 aliphatic rings. The largest absolute Gasteiger partial charge is 0.379 e. The number of amides is 2. The molecule has 1 atom stereocenters. The third-order valence-electron chi connectivity index (χ3n) is 6.59. The molecule has 1 spiro atoms. The van der Waals surface area contributed by atoms with Gasteiger partial charge in [-0.05, 0) is 49.1 Å². The molecule has 174 valence electrons. The maximum absolute atomic E-state index is 14.2. The molecule has 2 aliphatic heterocycles. The van der Waals surface area contributed by atoms with Crippen molar-refractivity contribution in [3.05, 3.63) is 47.5 Å². The second-order valence-electron chi connectivity index (χ2n) is 8.70. The Morgan fingerprint density at radius 3 is 2.52 bits per heavy atom. The van der Waals surface area contributed by atoms with Crippen molar-refractivity contribution in [3.8, 4) is 0 Å². The summed E-state index contributed by atoms with van der Waals surface area (Å²) in [6.07, 6.45) is 3.10. The van der Waals surface area contributed by atoms with Gasteiger partial charge in [0.1, 0.15) is 16.5 Å². The van der Waals surface area contributed by atoms with E-state index in [9.17, 15) is 26.8 Å². The van der Waals surface area contributed by atoms with Crippen molar-refractivity contribution < 1.29 is 26.8 Å². The van der Waals surface area contributed by atoms with Crippen molar-refractivity contribution in [1.82, 2.24) is 5.32 Å². The van der Waals surface area contributed by atoms with Gasteiger partial charge in [-0.15, -0.1) is 0 Å². The molecule has 4 N–H and O–H groups in total. The molecule has 2 aromatic rings. The molecule has 0 aromatic heterocycles. The Bertz CT molecular complexity index is 1270. The second kappa shape index (κ2) is 7.68. The van der Waals surface area contributed by atoms with Crippen molar-refractivity contribution in [3.63, 3.8) is 0 Å². The van der Waals surface area contributed by atoms with Gasteiger partial charge in [-0.25, -0.2) is 17.2 Å². The highest BCUT2D eigenvalue weighted by atomic mass is 32.2. The number of hydrogen-bond donors (Lipinski definition) is 4. The highest BCUT2D eigenvalue weighted by Gasteiger charge is 2.52. The van der Waals surface area contributed by atoms with Gasteiger partial charge in [0, 0.05) is 25.1 Å². The fraction of sp³-hybridized carbons (Fsp3) is 0.364. The summed E-state index contributed by atoms with van der Waals surface area (Å²) in [7, 11) is -4.36. The van der Waals surface area contributed by atoms with E-state index < -0.39 is 32.0 Å². The summed E-state index contributed by atoms with van der Waals surface area (Å²) >= 11 is 0. The van der Waals surface area contributed by atoms with E-state index in [0.29, 0.717) is 55.2 Å². The Hall–Kier alpha value is -3.21. The molecule has 33 heavy (non-hydrogen) atoms. The Balaban J connectivity index is 1.53. The van der Waals surface area contributed by atoms with Crippen molar-refractivity contribution in [2.75, 3.05) is 21.9 Å². The van der Waals surface area contributed by atoms with E-state index in [-0.39, 0.29) is 23.5 Å². The molecular weight excluding hydrogens is 454 g/mol. The smallest absolute Gasteiger partial charge is 0.264 e. The lowest BCUT2D eigenvalue weighted by atomic mass is 9.65. The number of carbonyl (C=O) groups excluding carboxylic acids is 2. The first kappa shape index (κ1) is 21.6. The molecule has 0 bridgehead atoms. The van der Waals surface area contributed by atoms with Crippen LogP contribution in [0.1, 0.15) is 37.7 Å². The zero-order valence-electron chi connectivity index (χ0n) is 17.5. The standard InChI is InChI=1S/C22H22F2N4O4S/c23-12-2-4-18(16(24)8-12)33(31,32)28-14-9-15-20(27-21(30)22(15)6-1-7-22)17(10-14)26-13-3-5-19(29)25-11-13/h2,4,8-10,13,26,28H,1,3,5-7,11H2,(H,25,29)(H,27,30). The molecule has 1 saturated heterocycles. The van der Waals surface area contributed by atoms with Crippen LogP contribution in [0.2, 0.25) is 0 Å². The van der Waals surface area contributed by atoms with Crippen molar-refractivity contribution >= 4 is 38.9 Å². The minimum Gasteiger partial charge on any atom is -0.379 e. The number of halogens is 2. The average Bonchev–Trinajstić information content (AvgIpc) is 3.01. The lowest BCUT2D eigenvalue weighted by Gasteiger charge is -2.36. The van der Waals surface area contributed by atoms with Gasteiger partial charge in [-0.2, -0.15) is 0 Å². The van der Waals surface area contributed by atoms with Crippen LogP contribution in [-0.2, 0) is 25.0 Å². The topological polar surface area (TPSA) is 116 Å². The van der Waals surface area contributed by atoms with E-state index in [1.807, 2.05) is 0 Å². The number of piperidine rings is 1. The fourth-order valence-corrected chi connectivity index (χ4v) is 5.79. The Kier molecular flexibility index (Phi) is 5.04. The van der Waals surface area contributed by atoms with Crippen LogP contribution in [0.4, 0.5) is 25.8 Å². The lowest BCUT2D eigenvalue weighted by molar-refractivity contribution is -0.123. The minimum atomic E-state index is -4.36. The van der Waals surface area contributed by atoms with Gasteiger partial charge in [0.05, 0.1) is 22.5 Å². The van der Waals surface area contributed by atoms with E-state index in [2.05, 4.69) is 20.7 Å². The van der Waals surface area contributed by atoms with Crippen LogP contribution in [0.15, 0.2) is 35.2 Å². The molecule has 1 saturated carbocycles. The van der Waals surface area contributed by atoms with Crippen LogP contribution < -0.4 is 20.7 Å². The molecular formula is C22H22F2N4O4S. The summed E-state index contributed by atoms with van der Waals surface area (Å²) in [5.41, 5.74) is 1.23. The zero-order chi connectivity index (χ0) is 23.4. The van der Waals surface area contributed by atoms with E-state index in [0.717, 1.165) is 18.6 Å². The van der Waals surface area contributed by atoms with Crippen LogP contribution in [-0.4, -0.2) is 32.8 Å². The van der Waals surface area contributed by atoms with E-state index in [1.165, 1.54) is 6.07 Å².